The monoisotopic (exact) mass is 263 g/mol. The predicted molar refractivity (Wildman–Crippen MR) is 76.6 cm³/mol. The molecule has 1 unspecified atom stereocenters. The molecule has 0 saturated carbocycles. The molecule has 1 aromatic carbocycles. The van der Waals surface area contributed by atoms with Crippen LogP contribution in [-0.2, 0) is 4.74 Å². The second-order valence-electron chi connectivity index (χ2n) is 4.60. The van der Waals surface area contributed by atoms with Crippen molar-refractivity contribution < 1.29 is 9.53 Å². The second-order valence-corrected chi connectivity index (χ2v) is 4.60. The maximum Gasteiger partial charge on any atom is 0.411 e. The molecule has 1 amide bonds. The lowest BCUT2D eigenvalue weighted by Gasteiger charge is -2.13. The lowest BCUT2D eigenvalue weighted by molar-refractivity contribution is 0.168. The van der Waals surface area contributed by atoms with Gasteiger partial charge in [-0.15, -0.1) is 0 Å². The molecule has 1 atom stereocenters. The summed E-state index contributed by atoms with van der Waals surface area (Å²) in [4.78, 5) is 11.2. The van der Waals surface area contributed by atoms with Crippen molar-refractivity contribution in [3.8, 4) is 0 Å². The van der Waals surface area contributed by atoms with Crippen LogP contribution in [0.3, 0.4) is 0 Å². The maximum atomic E-state index is 11.2. The van der Waals surface area contributed by atoms with Gasteiger partial charge in [0, 0.05) is 24.0 Å². The van der Waals surface area contributed by atoms with Gasteiger partial charge in [0.05, 0.1) is 6.61 Å². The Morgan fingerprint density at radius 1 is 1.37 bits per heavy atom. The molecule has 2 rings (SSSR count). The first-order chi connectivity index (χ1) is 9.28. The number of nitrogens with one attached hydrogen (secondary N) is 3. The van der Waals surface area contributed by atoms with Gasteiger partial charge >= 0.3 is 6.09 Å². The summed E-state index contributed by atoms with van der Waals surface area (Å²) in [6.45, 7) is 4.21. The molecule has 1 aliphatic heterocycles. The molecule has 0 aliphatic carbocycles. The summed E-state index contributed by atoms with van der Waals surface area (Å²) in [5.74, 6) is 0. The Labute approximate surface area is 113 Å². The summed E-state index contributed by atoms with van der Waals surface area (Å²) in [5.41, 5.74) is 1.80. The van der Waals surface area contributed by atoms with E-state index >= 15 is 0 Å². The molecule has 19 heavy (non-hydrogen) atoms. The first-order valence-electron chi connectivity index (χ1n) is 6.79. The number of amides is 1. The fourth-order valence-electron chi connectivity index (χ4n) is 2.13. The Hall–Kier alpha value is -1.75. The summed E-state index contributed by atoms with van der Waals surface area (Å²) >= 11 is 0. The molecule has 0 aromatic heterocycles. The van der Waals surface area contributed by atoms with Crippen molar-refractivity contribution in [1.82, 2.24) is 5.32 Å². The molecule has 0 spiro atoms. The van der Waals surface area contributed by atoms with Gasteiger partial charge in [-0.05, 0) is 50.6 Å². The second kappa shape index (κ2) is 6.99. The fraction of sp³-hybridized carbons (Fsp3) is 0.500. The van der Waals surface area contributed by atoms with Gasteiger partial charge in [-0.25, -0.2) is 4.79 Å². The lowest BCUT2D eigenvalue weighted by atomic mass is 10.2. The number of hydrogen-bond acceptors (Lipinski definition) is 4. The molecule has 0 radical (unpaired) electrons. The standard InChI is InChI=1S/C14H21N3O2/c1-2-19-14(18)17-12-7-5-11(6-8-12)16-10-13-4-3-9-15-13/h5-8,13,15-16H,2-4,9-10H2,1H3,(H,17,18). The molecule has 1 heterocycles. The quantitative estimate of drug-likeness (QED) is 0.763. The zero-order valence-corrected chi connectivity index (χ0v) is 11.2. The molecule has 1 saturated heterocycles. The van der Waals surface area contributed by atoms with Crippen LogP contribution >= 0.6 is 0 Å². The average molecular weight is 263 g/mol. The third-order valence-electron chi connectivity index (χ3n) is 3.12. The van der Waals surface area contributed by atoms with E-state index in [1.165, 1.54) is 12.8 Å². The van der Waals surface area contributed by atoms with Crippen LogP contribution < -0.4 is 16.0 Å². The minimum atomic E-state index is -0.418. The molecule has 5 nitrogen and oxygen atoms in total. The molecule has 5 heteroatoms. The van der Waals surface area contributed by atoms with Gasteiger partial charge in [0.15, 0.2) is 0 Å². The highest BCUT2D eigenvalue weighted by Gasteiger charge is 2.12. The minimum absolute atomic E-state index is 0.375. The van der Waals surface area contributed by atoms with Gasteiger partial charge in [0.25, 0.3) is 0 Å². The van der Waals surface area contributed by atoms with Crippen molar-refractivity contribution in [2.75, 3.05) is 30.3 Å². The predicted octanol–water partition coefficient (Wildman–Crippen LogP) is 2.42. The zero-order chi connectivity index (χ0) is 13.5. The van der Waals surface area contributed by atoms with E-state index in [9.17, 15) is 4.79 Å². The van der Waals surface area contributed by atoms with Gasteiger partial charge in [-0.3, -0.25) is 5.32 Å². The summed E-state index contributed by atoms with van der Waals surface area (Å²) in [5, 5.41) is 9.49. The van der Waals surface area contributed by atoms with E-state index in [2.05, 4.69) is 16.0 Å². The molecule has 3 N–H and O–H groups in total. The third-order valence-corrected chi connectivity index (χ3v) is 3.12. The highest BCUT2D eigenvalue weighted by atomic mass is 16.5. The Balaban J connectivity index is 1.78. The van der Waals surface area contributed by atoms with Crippen molar-refractivity contribution in [2.24, 2.45) is 0 Å². The smallest absolute Gasteiger partial charge is 0.411 e. The number of carbonyl (C=O) groups is 1. The normalized spacial score (nSPS) is 18.1. The molecular weight excluding hydrogens is 242 g/mol. The van der Waals surface area contributed by atoms with Crippen LogP contribution in [0.5, 0.6) is 0 Å². The molecule has 1 aromatic rings. The van der Waals surface area contributed by atoms with E-state index in [1.807, 2.05) is 24.3 Å². The summed E-state index contributed by atoms with van der Waals surface area (Å²) < 4.78 is 4.82. The van der Waals surface area contributed by atoms with Crippen LogP contribution in [0.4, 0.5) is 16.2 Å². The van der Waals surface area contributed by atoms with Crippen molar-refractivity contribution in [3.05, 3.63) is 24.3 Å². The number of benzene rings is 1. The molecular formula is C14H21N3O2. The van der Waals surface area contributed by atoms with Crippen LogP contribution in [0.1, 0.15) is 19.8 Å². The number of ether oxygens (including phenoxy) is 1. The van der Waals surface area contributed by atoms with Crippen molar-refractivity contribution in [2.45, 2.75) is 25.8 Å². The van der Waals surface area contributed by atoms with Crippen LogP contribution in [0.2, 0.25) is 0 Å². The van der Waals surface area contributed by atoms with E-state index in [-0.39, 0.29) is 0 Å². The molecule has 1 fully saturated rings. The number of anilines is 2. The Bertz CT molecular complexity index is 400. The van der Waals surface area contributed by atoms with E-state index < -0.39 is 6.09 Å². The summed E-state index contributed by atoms with van der Waals surface area (Å²) in [6, 6.07) is 8.20. The van der Waals surface area contributed by atoms with Crippen molar-refractivity contribution in [3.63, 3.8) is 0 Å². The van der Waals surface area contributed by atoms with Crippen LogP contribution in [-0.4, -0.2) is 31.8 Å². The highest BCUT2D eigenvalue weighted by Crippen LogP contribution is 2.14. The van der Waals surface area contributed by atoms with Crippen LogP contribution in [0, 0.1) is 0 Å². The SMILES string of the molecule is CCOC(=O)Nc1ccc(NCC2CCCN2)cc1. The average Bonchev–Trinajstić information content (AvgIpc) is 2.91. The van der Waals surface area contributed by atoms with E-state index in [0.29, 0.717) is 12.6 Å². The largest absolute Gasteiger partial charge is 0.450 e. The molecule has 104 valence electrons. The Kier molecular flexibility index (Phi) is 5.03. The molecule has 0 bridgehead atoms. The van der Waals surface area contributed by atoms with Gasteiger partial charge < -0.3 is 15.4 Å². The zero-order valence-electron chi connectivity index (χ0n) is 11.2. The molecule has 1 aliphatic rings. The summed E-state index contributed by atoms with van der Waals surface area (Å²) in [6.07, 6.45) is 2.07. The minimum Gasteiger partial charge on any atom is -0.450 e. The van der Waals surface area contributed by atoms with Gasteiger partial charge in [-0.1, -0.05) is 0 Å². The van der Waals surface area contributed by atoms with E-state index in [4.69, 9.17) is 4.74 Å². The van der Waals surface area contributed by atoms with E-state index in [0.717, 1.165) is 24.5 Å². The van der Waals surface area contributed by atoms with Gasteiger partial charge in [0.1, 0.15) is 0 Å². The van der Waals surface area contributed by atoms with E-state index in [1.54, 1.807) is 6.92 Å². The highest BCUT2D eigenvalue weighted by molar-refractivity contribution is 5.84. The van der Waals surface area contributed by atoms with Gasteiger partial charge in [0.2, 0.25) is 0 Å². The van der Waals surface area contributed by atoms with Crippen molar-refractivity contribution in [1.29, 1.82) is 0 Å². The van der Waals surface area contributed by atoms with Crippen LogP contribution in [0.25, 0.3) is 0 Å². The third kappa shape index (κ3) is 4.44. The number of rotatable bonds is 5. The topological polar surface area (TPSA) is 62.4 Å². The lowest BCUT2D eigenvalue weighted by Crippen LogP contribution is -2.29. The fourth-order valence-corrected chi connectivity index (χ4v) is 2.13. The van der Waals surface area contributed by atoms with Gasteiger partial charge in [-0.2, -0.15) is 0 Å². The summed E-state index contributed by atoms with van der Waals surface area (Å²) in [7, 11) is 0. The Morgan fingerprint density at radius 2 is 2.11 bits per heavy atom. The maximum absolute atomic E-state index is 11.2. The first kappa shape index (κ1) is 13.7. The van der Waals surface area contributed by atoms with Crippen LogP contribution in [0.15, 0.2) is 24.3 Å². The number of hydrogen-bond donors (Lipinski definition) is 3. The number of carbonyl (C=O) groups excluding carboxylic acids is 1. The first-order valence-corrected chi connectivity index (χ1v) is 6.79. The van der Waals surface area contributed by atoms with Crippen molar-refractivity contribution >= 4 is 17.5 Å². The Morgan fingerprint density at radius 3 is 2.74 bits per heavy atom.